The van der Waals surface area contributed by atoms with E-state index in [1.165, 1.54) is 85.4 Å². The van der Waals surface area contributed by atoms with Gasteiger partial charge in [-0.1, -0.05) is 116 Å². The molecule has 3 heteroatoms. The second kappa shape index (κ2) is 11.5. The first-order valence-electron chi connectivity index (χ1n) is 11.2. The minimum atomic E-state index is 0.184. The van der Waals surface area contributed by atoms with Gasteiger partial charge in [0.1, 0.15) is 0 Å². The number of rotatable bonds is 12. The third-order valence-electron chi connectivity index (χ3n) is 6.45. The first kappa shape index (κ1) is 23.5. The number of hydrogen-bond donors (Lipinski definition) is 0. The van der Waals surface area contributed by atoms with Gasteiger partial charge in [-0.3, -0.25) is 0 Å². The number of hydrogen-bond acceptors (Lipinski definition) is 0. The van der Waals surface area contributed by atoms with Crippen molar-refractivity contribution in [2.45, 2.75) is 76.5 Å². The van der Waals surface area contributed by atoms with Gasteiger partial charge in [-0.25, -0.2) is 0 Å². The van der Waals surface area contributed by atoms with Crippen molar-refractivity contribution in [1.29, 1.82) is 0 Å². The molecule has 0 aromatic heterocycles. The van der Waals surface area contributed by atoms with Crippen LogP contribution in [0.2, 0.25) is 0 Å². The molecule has 1 aliphatic carbocycles. The van der Waals surface area contributed by atoms with Crippen LogP contribution in [0.15, 0.2) is 40.9 Å². The Balaban J connectivity index is 1.93. The van der Waals surface area contributed by atoms with Crippen LogP contribution in [-0.2, 0) is 5.41 Å². The van der Waals surface area contributed by atoms with Gasteiger partial charge in [-0.05, 0) is 67.0 Å². The Bertz CT molecular complexity index is 729. The fourth-order valence-electron chi connectivity index (χ4n) is 4.99. The zero-order valence-electron chi connectivity index (χ0n) is 17.6. The average molecular weight is 585 g/mol. The molecule has 0 unspecified atom stereocenters. The molecule has 158 valence electrons. The fourth-order valence-corrected chi connectivity index (χ4v) is 6.15. The van der Waals surface area contributed by atoms with Crippen LogP contribution in [-0.4, -0.2) is 10.7 Å². The lowest BCUT2D eigenvalue weighted by atomic mass is 9.70. The summed E-state index contributed by atoms with van der Waals surface area (Å²) in [7, 11) is 0. The van der Waals surface area contributed by atoms with Gasteiger partial charge in [0, 0.05) is 20.5 Å². The average Bonchev–Trinajstić information content (AvgIpc) is 2.96. The maximum Gasteiger partial charge on any atom is 0.0215 e. The minimum absolute atomic E-state index is 0.184. The van der Waals surface area contributed by atoms with Gasteiger partial charge < -0.3 is 0 Å². The van der Waals surface area contributed by atoms with Crippen molar-refractivity contribution in [3.8, 4) is 11.1 Å². The Kier molecular flexibility index (Phi) is 9.32. The van der Waals surface area contributed by atoms with Crippen molar-refractivity contribution in [2.75, 3.05) is 10.7 Å². The molecule has 0 bridgehead atoms. The highest BCUT2D eigenvalue weighted by molar-refractivity contribution is 9.10. The summed E-state index contributed by atoms with van der Waals surface area (Å²) in [5, 5.41) is 2.26. The summed E-state index contributed by atoms with van der Waals surface area (Å²) in [6, 6.07) is 14.1. The molecule has 0 radical (unpaired) electrons. The molecule has 29 heavy (non-hydrogen) atoms. The van der Waals surface area contributed by atoms with Gasteiger partial charge in [0.2, 0.25) is 0 Å². The second-order valence-corrected chi connectivity index (χ2v) is 11.0. The third kappa shape index (κ3) is 5.57. The Morgan fingerprint density at radius 1 is 0.655 bits per heavy atom. The van der Waals surface area contributed by atoms with E-state index in [4.69, 9.17) is 0 Å². The molecule has 0 saturated carbocycles. The Labute approximate surface area is 202 Å². The van der Waals surface area contributed by atoms with Crippen molar-refractivity contribution < 1.29 is 0 Å². The predicted octanol–water partition coefficient (Wildman–Crippen LogP) is 9.71. The summed E-state index contributed by atoms with van der Waals surface area (Å²) < 4.78 is 1.21. The van der Waals surface area contributed by atoms with Crippen molar-refractivity contribution in [3.63, 3.8) is 0 Å². The lowest BCUT2D eigenvalue weighted by Crippen LogP contribution is -2.25. The highest BCUT2D eigenvalue weighted by Gasteiger charge is 2.42. The molecule has 0 aliphatic heterocycles. The monoisotopic (exact) mass is 582 g/mol. The van der Waals surface area contributed by atoms with Gasteiger partial charge in [0.05, 0.1) is 0 Å². The number of benzene rings is 2. The van der Waals surface area contributed by atoms with Gasteiger partial charge in [-0.2, -0.15) is 0 Å². The Morgan fingerprint density at radius 3 is 1.76 bits per heavy atom. The van der Waals surface area contributed by atoms with Crippen molar-refractivity contribution in [2.24, 2.45) is 0 Å². The summed E-state index contributed by atoms with van der Waals surface area (Å²) in [4.78, 5) is 0. The van der Waals surface area contributed by atoms with E-state index in [1.54, 1.807) is 11.1 Å². The smallest absolute Gasteiger partial charge is 0.0215 e. The molecule has 0 atom stereocenters. The van der Waals surface area contributed by atoms with E-state index in [9.17, 15) is 0 Å². The molecule has 1 aliphatic rings. The normalized spacial score (nSPS) is 14.1. The molecule has 3 rings (SSSR count). The molecular weight excluding hydrogens is 552 g/mol. The Morgan fingerprint density at radius 2 is 1.17 bits per heavy atom. The summed E-state index contributed by atoms with van der Waals surface area (Å²) in [5.74, 6) is 0. The fraction of sp³-hybridized carbons (Fsp3) is 0.538. The standard InChI is InChI=1S/C26H33Br3/c1-20-10-12-22-23-13-11-21(29)19-25(23)26(24(22)18-20,14-6-2-4-8-16-27)15-7-3-5-9-17-28/h10-13,18-19H,2-9,14-17H2,1H3. The van der Waals surface area contributed by atoms with Crippen LogP contribution in [0, 0.1) is 6.92 Å². The van der Waals surface area contributed by atoms with E-state index < -0.39 is 0 Å². The highest BCUT2D eigenvalue weighted by Crippen LogP contribution is 2.54. The molecule has 0 nitrogen and oxygen atoms in total. The summed E-state index contributed by atoms with van der Waals surface area (Å²) in [6.45, 7) is 2.25. The van der Waals surface area contributed by atoms with E-state index in [1.807, 2.05) is 0 Å². The zero-order chi connectivity index (χ0) is 20.7. The second-order valence-electron chi connectivity index (χ2n) is 8.53. The molecule has 2 aromatic rings. The van der Waals surface area contributed by atoms with Crippen LogP contribution in [0.1, 0.15) is 80.9 Å². The highest BCUT2D eigenvalue weighted by atomic mass is 79.9. The van der Waals surface area contributed by atoms with Gasteiger partial charge >= 0.3 is 0 Å². The van der Waals surface area contributed by atoms with Gasteiger partial charge in [0.25, 0.3) is 0 Å². The molecule has 0 fully saturated rings. The van der Waals surface area contributed by atoms with Gasteiger partial charge in [-0.15, -0.1) is 0 Å². The van der Waals surface area contributed by atoms with Crippen LogP contribution in [0.25, 0.3) is 11.1 Å². The largest absolute Gasteiger partial charge is 0.0928 e. The molecule has 0 spiro atoms. The minimum Gasteiger partial charge on any atom is -0.0928 e. The zero-order valence-corrected chi connectivity index (χ0v) is 22.3. The lowest BCUT2D eigenvalue weighted by Gasteiger charge is -2.33. The summed E-state index contributed by atoms with van der Waals surface area (Å²) in [5.41, 5.74) is 7.66. The van der Waals surface area contributed by atoms with E-state index in [0.717, 1.165) is 10.7 Å². The number of fused-ring (bicyclic) bond motifs is 3. The third-order valence-corrected chi connectivity index (χ3v) is 8.07. The maximum absolute atomic E-state index is 3.77. The van der Waals surface area contributed by atoms with E-state index >= 15 is 0 Å². The number of alkyl halides is 2. The van der Waals surface area contributed by atoms with Crippen molar-refractivity contribution >= 4 is 47.8 Å². The van der Waals surface area contributed by atoms with E-state index in [-0.39, 0.29) is 5.41 Å². The Hall–Kier alpha value is -0.120. The lowest BCUT2D eigenvalue weighted by molar-refractivity contribution is 0.401. The molecular formula is C26H33Br3. The first-order valence-corrected chi connectivity index (χ1v) is 14.2. The molecule has 2 aromatic carbocycles. The van der Waals surface area contributed by atoms with Crippen LogP contribution >= 0.6 is 47.8 Å². The topological polar surface area (TPSA) is 0 Å². The van der Waals surface area contributed by atoms with Crippen LogP contribution in [0.3, 0.4) is 0 Å². The van der Waals surface area contributed by atoms with Crippen LogP contribution in [0.5, 0.6) is 0 Å². The van der Waals surface area contributed by atoms with E-state index in [0.29, 0.717) is 0 Å². The van der Waals surface area contributed by atoms with Crippen molar-refractivity contribution in [1.82, 2.24) is 0 Å². The maximum atomic E-state index is 3.77. The quantitative estimate of drug-likeness (QED) is 0.172. The molecule has 0 N–H and O–H groups in total. The van der Waals surface area contributed by atoms with Crippen molar-refractivity contribution in [3.05, 3.63) is 57.6 Å². The summed E-state index contributed by atoms with van der Waals surface area (Å²) in [6.07, 6.45) is 13.1. The van der Waals surface area contributed by atoms with E-state index in [2.05, 4.69) is 91.1 Å². The SMILES string of the molecule is Cc1ccc2c(c1)C(CCCCCCBr)(CCCCCCBr)c1cc(Br)ccc1-2. The predicted molar refractivity (Wildman–Crippen MR) is 139 cm³/mol. The molecule has 0 heterocycles. The number of unbranched alkanes of at least 4 members (excludes halogenated alkanes) is 6. The van der Waals surface area contributed by atoms with Crippen LogP contribution < -0.4 is 0 Å². The number of aryl methyl sites for hydroxylation is 1. The van der Waals surface area contributed by atoms with Crippen LogP contribution in [0.4, 0.5) is 0 Å². The van der Waals surface area contributed by atoms with Gasteiger partial charge in [0.15, 0.2) is 0 Å². The first-order chi connectivity index (χ1) is 14.1. The molecule has 0 amide bonds. The summed E-state index contributed by atoms with van der Waals surface area (Å²) >= 11 is 10.9. The number of halogens is 3. The molecule has 0 saturated heterocycles.